The van der Waals surface area contributed by atoms with Crippen molar-refractivity contribution in [3.63, 3.8) is 0 Å². The van der Waals surface area contributed by atoms with E-state index < -0.39 is 17.2 Å². The Morgan fingerprint density at radius 1 is 1.00 bits per heavy atom. The van der Waals surface area contributed by atoms with E-state index in [1.807, 2.05) is 71.6 Å². The molecule has 0 unspecified atom stereocenters. The first-order chi connectivity index (χ1) is 17.0. The Morgan fingerprint density at radius 3 is 2.34 bits per heavy atom. The Bertz CT molecular complexity index is 1390. The minimum absolute atomic E-state index is 0.0591. The molecule has 0 aliphatic carbocycles. The summed E-state index contributed by atoms with van der Waals surface area (Å²) < 4.78 is 8.32. The number of H-pyrrole nitrogens is 1. The summed E-state index contributed by atoms with van der Waals surface area (Å²) in [5, 5.41) is 0. The number of amides is 1. The molecule has 4 rings (SSSR count). The molecule has 1 amide bonds. The molecule has 0 atom stereocenters. The fourth-order valence-corrected chi connectivity index (χ4v) is 3.88. The third-order valence-corrected chi connectivity index (χ3v) is 5.66. The summed E-state index contributed by atoms with van der Waals surface area (Å²) in [6, 6.07) is 20.1. The lowest BCUT2D eigenvalue weighted by molar-refractivity contribution is 0.0983. The lowest BCUT2D eigenvalue weighted by atomic mass is 10.1. The second kappa shape index (κ2) is 10.7. The van der Waals surface area contributed by atoms with Crippen LogP contribution in [0.3, 0.4) is 0 Å². The standard InChI is InChI=1S/C26H27N5O4/c1-35-17-7-16-30(25(33)20-10-12-21(13-11-20)29-14-5-6-15-29)22-23(27)31(26(34)28-24(22)32)18-19-8-3-2-4-9-19/h2-6,8-15H,7,16-18,27H2,1H3,(H,28,32,34). The average Bonchev–Trinajstić information content (AvgIpc) is 3.41. The maximum Gasteiger partial charge on any atom is 0.330 e. The topological polar surface area (TPSA) is 115 Å². The molecule has 0 fully saturated rings. The molecule has 180 valence electrons. The number of aromatic amines is 1. The minimum Gasteiger partial charge on any atom is -0.385 e. The number of aromatic nitrogens is 3. The van der Waals surface area contributed by atoms with Crippen molar-refractivity contribution >= 4 is 17.4 Å². The van der Waals surface area contributed by atoms with Crippen molar-refractivity contribution in [3.05, 3.63) is 111 Å². The van der Waals surface area contributed by atoms with E-state index in [1.54, 1.807) is 19.2 Å². The lowest BCUT2D eigenvalue weighted by Crippen LogP contribution is -2.42. The number of carbonyl (C=O) groups excluding carboxylic acids is 1. The Balaban J connectivity index is 1.73. The first-order valence-corrected chi connectivity index (χ1v) is 11.2. The lowest BCUT2D eigenvalue weighted by Gasteiger charge is -2.25. The van der Waals surface area contributed by atoms with E-state index in [0.29, 0.717) is 18.6 Å². The highest BCUT2D eigenvalue weighted by molar-refractivity contribution is 6.07. The predicted molar refractivity (Wildman–Crippen MR) is 135 cm³/mol. The number of rotatable bonds is 9. The maximum atomic E-state index is 13.6. The van der Waals surface area contributed by atoms with E-state index in [1.165, 1.54) is 9.47 Å². The van der Waals surface area contributed by atoms with Crippen molar-refractivity contribution in [2.45, 2.75) is 13.0 Å². The molecule has 0 aliphatic heterocycles. The molecule has 0 aliphatic rings. The van der Waals surface area contributed by atoms with E-state index in [0.717, 1.165) is 11.3 Å². The second-order valence-corrected chi connectivity index (χ2v) is 8.01. The van der Waals surface area contributed by atoms with Gasteiger partial charge in [-0.25, -0.2) is 4.79 Å². The zero-order valence-corrected chi connectivity index (χ0v) is 19.4. The summed E-state index contributed by atoms with van der Waals surface area (Å²) in [4.78, 5) is 42.7. The Kier molecular flexibility index (Phi) is 7.27. The number of nitrogens with one attached hydrogen (secondary N) is 1. The van der Waals surface area contributed by atoms with Crippen molar-refractivity contribution in [1.29, 1.82) is 0 Å². The Morgan fingerprint density at radius 2 is 1.69 bits per heavy atom. The van der Waals surface area contributed by atoms with Crippen molar-refractivity contribution in [2.75, 3.05) is 30.9 Å². The fraction of sp³-hybridized carbons (Fsp3) is 0.192. The largest absolute Gasteiger partial charge is 0.385 e. The molecule has 0 spiro atoms. The van der Waals surface area contributed by atoms with Gasteiger partial charge in [-0.2, -0.15) is 0 Å². The third-order valence-electron chi connectivity index (χ3n) is 5.66. The van der Waals surface area contributed by atoms with Crippen molar-refractivity contribution in [2.24, 2.45) is 0 Å². The first kappa shape index (κ1) is 23.8. The van der Waals surface area contributed by atoms with E-state index in [4.69, 9.17) is 10.5 Å². The Hall–Kier alpha value is -4.37. The molecule has 2 aromatic heterocycles. The third kappa shape index (κ3) is 5.25. The molecule has 35 heavy (non-hydrogen) atoms. The van der Waals surface area contributed by atoms with Crippen LogP contribution < -0.4 is 21.9 Å². The summed E-state index contributed by atoms with van der Waals surface area (Å²) in [5.74, 6) is -0.473. The number of nitrogens with two attached hydrogens (primary N) is 1. The number of nitrogens with zero attached hydrogens (tertiary/aromatic N) is 3. The molecule has 9 heteroatoms. The molecular weight excluding hydrogens is 446 g/mol. The monoisotopic (exact) mass is 473 g/mol. The van der Waals surface area contributed by atoms with Gasteiger partial charge in [-0.3, -0.25) is 19.1 Å². The van der Waals surface area contributed by atoms with Crippen LogP contribution in [0.25, 0.3) is 5.69 Å². The highest BCUT2D eigenvalue weighted by atomic mass is 16.5. The van der Waals surface area contributed by atoms with E-state index in [2.05, 4.69) is 4.98 Å². The predicted octanol–water partition coefficient (Wildman–Crippen LogP) is 2.64. The second-order valence-electron chi connectivity index (χ2n) is 8.01. The van der Waals surface area contributed by atoms with Gasteiger partial charge in [0.2, 0.25) is 0 Å². The van der Waals surface area contributed by atoms with Crippen LogP contribution in [0.5, 0.6) is 0 Å². The average molecular weight is 474 g/mol. The van der Waals surface area contributed by atoms with Gasteiger partial charge in [0.05, 0.1) is 6.54 Å². The first-order valence-electron chi connectivity index (χ1n) is 11.2. The molecule has 0 saturated heterocycles. The van der Waals surface area contributed by atoms with Gasteiger partial charge in [0.1, 0.15) is 5.82 Å². The van der Waals surface area contributed by atoms with Crippen molar-refractivity contribution in [1.82, 2.24) is 14.1 Å². The summed E-state index contributed by atoms with van der Waals surface area (Å²) in [6.07, 6.45) is 4.29. The molecule has 0 saturated carbocycles. The van der Waals surface area contributed by atoms with Gasteiger partial charge < -0.3 is 19.9 Å². The number of anilines is 2. The molecule has 3 N–H and O–H groups in total. The summed E-state index contributed by atoms with van der Waals surface area (Å²) >= 11 is 0. The van der Waals surface area contributed by atoms with Gasteiger partial charge in [0.25, 0.3) is 11.5 Å². The number of hydrogen-bond acceptors (Lipinski definition) is 5. The smallest absolute Gasteiger partial charge is 0.330 e. The number of nitrogen functional groups attached to an aromatic ring is 1. The molecule has 2 aromatic carbocycles. The minimum atomic E-state index is -0.716. The molecule has 0 radical (unpaired) electrons. The Labute approximate surface area is 202 Å². The van der Waals surface area contributed by atoms with Crippen molar-refractivity contribution < 1.29 is 9.53 Å². The van der Waals surface area contributed by atoms with Gasteiger partial charge in [-0.05, 0) is 48.4 Å². The quantitative estimate of drug-likeness (QED) is 0.363. The van der Waals surface area contributed by atoms with E-state index in [9.17, 15) is 14.4 Å². The summed E-state index contributed by atoms with van der Waals surface area (Å²) in [6.45, 7) is 0.724. The number of carbonyl (C=O) groups is 1. The normalized spacial score (nSPS) is 10.9. The molecule has 9 nitrogen and oxygen atoms in total. The van der Waals surface area contributed by atoms with Gasteiger partial charge in [-0.1, -0.05) is 30.3 Å². The van der Waals surface area contributed by atoms with Crippen LogP contribution in [0.4, 0.5) is 11.5 Å². The van der Waals surface area contributed by atoms with Crippen LogP contribution in [0.1, 0.15) is 22.3 Å². The molecule has 2 heterocycles. The SMILES string of the molecule is COCCCN(C(=O)c1ccc(-n2cccc2)cc1)c1c(N)n(Cc2ccccc2)c(=O)[nH]c1=O. The molecule has 0 bridgehead atoms. The van der Waals surface area contributed by atoms with Crippen LogP contribution in [0.15, 0.2) is 88.7 Å². The van der Waals surface area contributed by atoms with E-state index >= 15 is 0 Å². The van der Waals surface area contributed by atoms with Crippen LogP contribution in [-0.4, -0.2) is 40.3 Å². The maximum absolute atomic E-state index is 13.6. The van der Waals surface area contributed by atoms with Crippen LogP contribution in [-0.2, 0) is 11.3 Å². The van der Waals surface area contributed by atoms with Gasteiger partial charge in [0, 0.05) is 43.9 Å². The number of methoxy groups -OCH3 is 1. The van der Waals surface area contributed by atoms with Crippen molar-refractivity contribution in [3.8, 4) is 5.69 Å². The van der Waals surface area contributed by atoms with Gasteiger partial charge in [0.15, 0.2) is 5.69 Å². The summed E-state index contributed by atoms with van der Waals surface area (Å²) in [5.41, 5.74) is 7.06. The van der Waals surface area contributed by atoms with Crippen LogP contribution >= 0.6 is 0 Å². The van der Waals surface area contributed by atoms with Crippen LogP contribution in [0, 0.1) is 0 Å². The fourth-order valence-electron chi connectivity index (χ4n) is 3.88. The molecule has 4 aromatic rings. The zero-order chi connectivity index (χ0) is 24.8. The van der Waals surface area contributed by atoms with Crippen LogP contribution in [0.2, 0.25) is 0 Å². The highest BCUT2D eigenvalue weighted by Gasteiger charge is 2.25. The number of ether oxygens (including phenoxy) is 1. The zero-order valence-electron chi connectivity index (χ0n) is 19.4. The number of hydrogen-bond donors (Lipinski definition) is 2. The van der Waals surface area contributed by atoms with Gasteiger partial charge in [-0.15, -0.1) is 0 Å². The molecular formula is C26H27N5O4. The summed E-state index contributed by atoms with van der Waals surface area (Å²) in [7, 11) is 1.56. The van der Waals surface area contributed by atoms with Gasteiger partial charge >= 0.3 is 5.69 Å². The van der Waals surface area contributed by atoms with E-state index in [-0.39, 0.29) is 24.6 Å². The highest BCUT2D eigenvalue weighted by Crippen LogP contribution is 2.21. The number of benzene rings is 2.